The van der Waals surface area contributed by atoms with Gasteiger partial charge < -0.3 is 68.6 Å². The van der Waals surface area contributed by atoms with E-state index < -0.39 is 114 Å². The summed E-state index contributed by atoms with van der Waals surface area (Å²) in [7, 11) is 2.86. The molecule has 0 saturated carbocycles. The molecule has 3 aromatic carbocycles. The Bertz CT molecular complexity index is 3040. The number of alkyl halides is 6. The van der Waals surface area contributed by atoms with Crippen LogP contribution in [0.5, 0.6) is 28.7 Å². The fraction of sp³-hybridized carbons (Fsp3) is 0.392. The number of pyridine rings is 1. The first kappa shape index (κ1) is 54.3. The zero-order chi connectivity index (χ0) is 55.1. The maximum absolute atomic E-state index is 13.4. The van der Waals surface area contributed by atoms with Crippen LogP contribution in [0.15, 0.2) is 72.9 Å². The molecule has 77 heavy (non-hydrogen) atoms. The Hall–Kier alpha value is -7.54. The van der Waals surface area contributed by atoms with Gasteiger partial charge in [0.1, 0.15) is 41.7 Å². The Labute approximate surface area is 432 Å². The van der Waals surface area contributed by atoms with Crippen molar-refractivity contribution in [2.45, 2.75) is 74.7 Å². The number of phenols is 1. The van der Waals surface area contributed by atoms with Crippen molar-refractivity contribution in [1.29, 1.82) is 0 Å². The molecule has 4 aliphatic heterocycles. The van der Waals surface area contributed by atoms with E-state index in [9.17, 15) is 55.6 Å². The SMILES string of the molecule is COc1cc(C2c3cc4c(cc3C(OC3OC5COC(C)OC5C(O)C3O)C3COC(=O)C23)OCO4)cc(OC)c1O.Nc1ccc(C#CCN(C(=O)Cc2ncc(C(F)(F)F)cc2C(F)(F)F)c2ccc(F)cc2)nn1. The van der Waals surface area contributed by atoms with E-state index in [-0.39, 0.29) is 73.3 Å². The molecule has 19 nitrogen and oxygen atoms in total. The summed E-state index contributed by atoms with van der Waals surface area (Å²) in [6, 6.07) is 14.1. The van der Waals surface area contributed by atoms with Crippen LogP contribution in [-0.2, 0) is 52.0 Å². The number of hydrogen-bond donors (Lipinski definition) is 4. The lowest BCUT2D eigenvalue weighted by Crippen LogP contribution is -2.63. The third-order valence-corrected chi connectivity index (χ3v) is 13.2. The quantitative estimate of drug-likeness (QED) is 0.0798. The number of fused-ring (bicyclic) bond motifs is 4. The van der Waals surface area contributed by atoms with Crippen LogP contribution in [0.25, 0.3) is 0 Å². The number of aromatic hydroxyl groups is 1. The molecule has 2 aromatic heterocycles. The summed E-state index contributed by atoms with van der Waals surface area (Å²) in [6.07, 6.45) is -17.8. The third kappa shape index (κ3) is 11.3. The molecule has 0 bridgehead atoms. The Kier molecular flexibility index (Phi) is 15.4. The lowest BCUT2D eigenvalue weighted by atomic mass is 9.66. The van der Waals surface area contributed by atoms with Crippen molar-refractivity contribution >= 4 is 23.4 Å². The van der Waals surface area contributed by atoms with Crippen LogP contribution in [0.2, 0.25) is 0 Å². The number of hydrogen-bond acceptors (Lipinski definition) is 18. The van der Waals surface area contributed by atoms with E-state index in [2.05, 4.69) is 27.0 Å². The van der Waals surface area contributed by atoms with Crippen molar-refractivity contribution in [2.75, 3.05) is 51.4 Å². The summed E-state index contributed by atoms with van der Waals surface area (Å²) in [4.78, 5) is 30.5. The topological polar surface area (TPSA) is 246 Å². The van der Waals surface area contributed by atoms with Crippen LogP contribution in [0.1, 0.15) is 58.2 Å². The minimum atomic E-state index is -5.20. The van der Waals surface area contributed by atoms with Crippen LogP contribution in [-0.4, -0.2) is 120 Å². The number of aromatic nitrogens is 3. The molecule has 26 heteroatoms. The van der Waals surface area contributed by atoms with Gasteiger partial charge in [0.25, 0.3) is 0 Å². The Morgan fingerprint density at radius 3 is 2.19 bits per heavy atom. The van der Waals surface area contributed by atoms with Gasteiger partial charge in [0.15, 0.2) is 35.6 Å². The van der Waals surface area contributed by atoms with Gasteiger partial charge in [0.05, 0.1) is 69.2 Å². The fourth-order valence-electron chi connectivity index (χ4n) is 9.57. The molecule has 5 aromatic rings. The highest BCUT2D eigenvalue weighted by Crippen LogP contribution is 2.57. The summed E-state index contributed by atoms with van der Waals surface area (Å²) < 4.78 is 144. The highest BCUT2D eigenvalue weighted by molar-refractivity contribution is 5.95. The Morgan fingerprint density at radius 2 is 1.56 bits per heavy atom. The second-order valence-corrected chi connectivity index (χ2v) is 18.0. The van der Waals surface area contributed by atoms with Gasteiger partial charge in [-0.25, -0.2) is 4.39 Å². The van der Waals surface area contributed by atoms with E-state index >= 15 is 0 Å². The number of benzene rings is 3. The number of carbonyl (C=O) groups is 2. The molecule has 10 unspecified atom stereocenters. The van der Waals surface area contributed by atoms with Gasteiger partial charge in [-0.05, 0) is 96.3 Å². The fourth-order valence-corrected chi connectivity index (χ4v) is 9.57. The van der Waals surface area contributed by atoms with Crippen LogP contribution >= 0.6 is 0 Å². The summed E-state index contributed by atoms with van der Waals surface area (Å²) in [6.45, 7) is 1.57. The number of carbonyl (C=O) groups excluding carboxylic acids is 2. The number of nitrogens with two attached hydrogens (primary N) is 1. The number of methoxy groups -OCH3 is 2. The predicted octanol–water partition coefficient (Wildman–Crippen LogP) is 5.60. The largest absolute Gasteiger partial charge is 0.502 e. The monoisotopic (exact) mass is 1090 g/mol. The minimum absolute atomic E-state index is 0.0301. The number of anilines is 2. The van der Waals surface area contributed by atoms with E-state index in [1.807, 2.05) is 0 Å². The standard InChI is InChI=1S/C29H32O13.C22H14F7N5O/c1-11-36-9-20-27(40-11)24(31)25(32)29(41-20)42-26-14-7-17-16(38-10-39-17)6-13(14)21(22-15(26)8-37-28(22)33)12-4-18(34-2)23(30)19(5-12)35-3;23-14-3-6-16(7-4-14)34(9-1-2-15-5-8-19(30)33-32-15)20(35)11-18-17(22(27,28)29)10-13(12-31-18)21(24,25)26/h4-7,11,15,20-22,24-27,29-32H,8-10H2,1-3H3;3-8,10,12H,9,11H2,(H2,30,33). The highest BCUT2D eigenvalue weighted by Gasteiger charge is 2.56. The zero-order valence-corrected chi connectivity index (χ0v) is 40.6. The molecule has 1 amide bonds. The van der Waals surface area contributed by atoms with Gasteiger partial charge in [0.2, 0.25) is 18.4 Å². The number of rotatable bonds is 9. The summed E-state index contributed by atoms with van der Waals surface area (Å²) in [5.41, 5.74) is 3.52. The van der Waals surface area contributed by atoms with Gasteiger partial charge in [-0.3, -0.25) is 14.6 Å². The molecular weight excluding hydrogens is 1040 g/mol. The van der Waals surface area contributed by atoms with Crippen LogP contribution < -0.4 is 29.6 Å². The molecule has 10 atom stereocenters. The van der Waals surface area contributed by atoms with E-state index in [0.717, 1.165) is 17.0 Å². The van der Waals surface area contributed by atoms with Crippen molar-refractivity contribution in [3.8, 4) is 40.6 Å². The second kappa shape index (κ2) is 21.8. The van der Waals surface area contributed by atoms with E-state index in [1.165, 1.54) is 38.5 Å². The number of esters is 1. The molecule has 0 radical (unpaired) electrons. The van der Waals surface area contributed by atoms with Crippen molar-refractivity contribution in [1.82, 2.24) is 15.2 Å². The van der Waals surface area contributed by atoms with E-state index in [4.69, 9.17) is 48.4 Å². The predicted molar refractivity (Wildman–Crippen MR) is 248 cm³/mol. The molecule has 5 aliphatic rings. The van der Waals surface area contributed by atoms with Crippen LogP contribution in [0.3, 0.4) is 0 Å². The smallest absolute Gasteiger partial charge is 0.418 e. The zero-order valence-electron chi connectivity index (χ0n) is 40.6. The first-order valence-electron chi connectivity index (χ1n) is 23.4. The van der Waals surface area contributed by atoms with Crippen molar-refractivity contribution in [3.63, 3.8) is 0 Å². The second-order valence-electron chi connectivity index (χ2n) is 18.0. The van der Waals surface area contributed by atoms with Crippen molar-refractivity contribution < 1.29 is 98.3 Å². The van der Waals surface area contributed by atoms with Gasteiger partial charge in [-0.15, -0.1) is 10.2 Å². The number of phenolic OH excluding ortho intramolecular Hbond substituents is 1. The molecule has 1 aliphatic carbocycles. The average molecular weight is 1090 g/mol. The first-order valence-corrected chi connectivity index (χ1v) is 23.4. The number of amides is 1. The summed E-state index contributed by atoms with van der Waals surface area (Å²) in [5, 5.41) is 39.8. The molecule has 5 N–H and O–H groups in total. The van der Waals surface area contributed by atoms with Crippen molar-refractivity contribution in [3.05, 3.63) is 118 Å². The molecular formula is C51H46F7N5O14. The molecule has 3 saturated heterocycles. The maximum Gasteiger partial charge on any atom is 0.418 e. The van der Waals surface area contributed by atoms with Gasteiger partial charge in [-0.2, -0.15) is 26.3 Å². The molecule has 3 fully saturated rings. The number of nitrogens with zero attached hydrogens (tertiary/aromatic N) is 4. The molecule has 0 spiro atoms. The third-order valence-electron chi connectivity index (χ3n) is 13.2. The first-order chi connectivity index (χ1) is 36.6. The number of aliphatic hydroxyl groups excluding tert-OH is 2. The van der Waals surface area contributed by atoms with Gasteiger partial charge in [0, 0.05) is 23.7 Å². The number of nitrogen functional groups attached to an aromatic ring is 1. The number of aliphatic hydroxyl groups is 2. The van der Waals surface area contributed by atoms with E-state index in [1.54, 1.807) is 31.2 Å². The lowest BCUT2D eigenvalue weighted by Gasteiger charge is -2.47. The van der Waals surface area contributed by atoms with Gasteiger partial charge >= 0.3 is 18.3 Å². The summed E-state index contributed by atoms with van der Waals surface area (Å²) in [5.74, 6) is 2.72. The molecule has 6 heterocycles. The number of halogens is 7. The highest BCUT2D eigenvalue weighted by atomic mass is 19.4. The Morgan fingerprint density at radius 1 is 0.870 bits per heavy atom. The minimum Gasteiger partial charge on any atom is -0.502 e. The lowest BCUT2D eigenvalue weighted by molar-refractivity contribution is -0.364. The number of cyclic esters (lactones) is 1. The van der Waals surface area contributed by atoms with Crippen molar-refractivity contribution in [2.24, 2.45) is 11.8 Å². The van der Waals surface area contributed by atoms with Crippen LogP contribution in [0, 0.1) is 29.5 Å². The van der Waals surface area contributed by atoms with Crippen LogP contribution in [0.4, 0.5) is 42.2 Å². The molecule has 10 rings (SSSR count). The average Bonchev–Trinajstić information content (AvgIpc) is 4.12. The normalized spacial score (nSPS) is 25.1. The Balaban J connectivity index is 0.000000191. The maximum atomic E-state index is 13.4. The van der Waals surface area contributed by atoms with E-state index in [0.29, 0.717) is 28.2 Å². The molecule has 408 valence electrons. The summed E-state index contributed by atoms with van der Waals surface area (Å²) >= 11 is 0. The van der Waals surface area contributed by atoms with Gasteiger partial charge in [-0.1, -0.05) is 5.92 Å². The number of ether oxygens (including phenoxy) is 9.